The Kier molecular flexibility index (Phi) is 5.65. The molecular weight excluding hydrogens is 432 g/mol. The molecule has 0 aliphatic rings. The van der Waals surface area contributed by atoms with E-state index in [0.29, 0.717) is 11.0 Å². The van der Waals surface area contributed by atoms with Gasteiger partial charge in [0.05, 0.1) is 16.9 Å². The number of para-hydroxylation sites is 1. The summed E-state index contributed by atoms with van der Waals surface area (Å²) in [6.07, 6.45) is 0. The smallest absolute Gasteiger partial charge is 0.344 e. The maximum absolute atomic E-state index is 13.2. The Balaban J connectivity index is 2.10. The summed E-state index contributed by atoms with van der Waals surface area (Å²) >= 11 is 1.52. The molecule has 2 heterocycles. The van der Waals surface area contributed by atoms with Crippen molar-refractivity contribution in [2.24, 2.45) is 0 Å². The zero-order valence-electron chi connectivity index (χ0n) is 19.9. The number of hydrogen-bond acceptors (Lipinski definition) is 5. The summed E-state index contributed by atoms with van der Waals surface area (Å²) in [5.74, 6) is -0.324. The van der Waals surface area contributed by atoms with Gasteiger partial charge in [-0.25, -0.2) is 4.79 Å². The van der Waals surface area contributed by atoms with E-state index in [2.05, 4.69) is 41.5 Å². The molecule has 0 unspecified atom stereocenters. The van der Waals surface area contributed by atoms with Crippen LogP contribution in [0.2, 0.25) is 0 Å². The molecule has 0 saturated heterocycles. The second-order valence-electron chi connectivity index (χ2n) is 10.6. The molecule has 0 spiro atoms. The Morgan fingerprint density at radius 2 is 1.45 bits per heavy atom. The largest absolute Gasteiger partial charge is 0.507 e. The molecule has 2 aromatic carbocycles. The van der Waals surface area contributed by atoms with E-state index in [-0.39, 0.29) is 27.9 Å². The van der Waals surface area contributed by atoms with Gasteiger partial charge >= 0.3 is 5.63 Å². The molecule has 172 valence electrons. The van der Waals surface area contributed by atoms with Crippen molar-refractivity contribution in [3.05, 3.63) is 91.5 Å². The van der Waals surface area contributed by atoms with Crippen molar-refractivity contribution in [2.75, 3.05) is 0 Å². The van der Waals surface area contributed by atoms with Crippen molar-refractivity contribution in [2.45, 2.75) is 58.3 Å². The molecule has 4 nitrogen and oxygen atoms in total. The van der Waals surface area contributed by atoms with Crippen LogP contribution in [0, 0.1) is 0 Å². The monoisotopic (exact) mass is 462 g/mol. The Morgan fingerprint density at radius 3 is 2.00 bits per heavy atom. The lowest BCUT2D eigenvalue weighted by Crippen LogP contribution is -2.20. The first-order valence-electron chi connectivity index (χ1n) is 11.1. The van der Waals surface area contributed by atoms with Gasteiger partial charge in [0, 0.05) is 4.88 Å². The zero-order valence-corrected chi connectivity index (χ0v) is 20.7. The van der Waals surface area contributed by atoms with Gasteiger partial charge in [0.2, 0.25) is 0 Å². The molecule has 0 aliphatic heterocycles. The fraction of sp³-hybridized carbons (Fsp3) is 0.321. The summed E-state index contributed by atoms with van der Waals surface area (Å²) in [6, 6.07) is 14.8. The lowest BCUT2D eigenvalue weighted by molar-refractivity contribution is 0.422. The number of phenols is 1. The van der Waals surface area contributed by atoms with Crippen LogP contribution in [0.1, 0.15) is 74.6 Å². The standard InChI is InChI=1S/C28H30O4S/c1-27(2,3)18-14-16(15-19(25(18)30)28(4,5)6)22(21-12-9-13-33-21)23-24(29)17-10-7-8-11-20(17)32-26(23)31/h7-15,22,29-30H,1-6H3/t22-/m0/s1. The minimum absolute atomic E-state index is 0.0667. The van der Waals surface area contributed by atoms with Crippen LogP contribution in [0.5, 0.6) is 11.5 Å². The minimum atomic E-state index is -0.563. The molecule has 0 amide bonds. The van der Waals surface area contributed by atoms with E-state index < -0.39 is 11.5 Å². The molecule has 0 saturated carbocycles. The maximum Gasteiger partial charge on any atom is 0.344 e. The van der Waals surface area contributed by atoms with Crippen LogP contribution in [0.15, 0.2) is 63.1 Å². The van der Waals surface area contributed by atoms with Crippen molar-refractivity contribution < 1.29 is 14.6 Å². The van der Waals surface area contributed by atoms with Gasteiger partial charge in [-0.15, -0.1) is 11.3 Å². The van der Waals surface area contributed by atoms with Gasteiger partial charge in [-0.2, -0.15) is 0 Å². The number of rotatable bonds is 3. The fourth-order valence-corrected chi connectivity index (χ4v) is 5.16. The summed E-state index contributed by atoms with van der Waals surface area (Å²) in [7, 11) is 0. The van der Waals surface area contributed by atoms with Gasteiger partial charge < -0.3 is 14.6 Å². The van der Waals surface area contributed by atoms with Crippen LogP contribution in [0.4, 0.5) is 0 Å². The quantitative estimate of drug-likeness (QED) is 0.320. The van der Waals surface area contributed by atoms with Crippen molar-refractivity contribution in [1.82, 2.24) is 0 Å². The average molecular weight is 463 g/mol. The summed E-state index contributed by atoms with van der Waals surface area (Å²) < 4.78 is 5.63. The molecule has 2 aromatic heterocycles. The van der Waals surface area contributed by atoms with Crippen molar-refractivity contribution >= 4 is 22.3 Å². The van der Waals surface area contributed by atoms with E-state index in [1.807, 2.05) is 35.7 Å². The molecule has 0 bridgehead atoms. The number of hydrogen-bond donors (Lipinski definition) is 2. The number of phenolic OH excluding ortho intramolecular Hbond substituents is 1. The van der Waals surface area contributed by atoms with Crippen LogP contribution in [-0.2, 0) is 10.8 Å². The first-order valence-corrected chi connectivity index (χ1v) is 11.9. The lowest BCUT2D eigenvalue weighted by Gasteiger charge is -2.30. The van der Waals surface area contributed by atoms with Crippen LogP contribution in [0.25, 0.3) is 11.0 Å². The molecule has 2 N–H and O–H groups in total. The lowest BCUT2D eigenvalue weighted by atomic mass is 9.76. The first-order chi connectivity index (χ1) is 15.4. The topological polar surface area (TPSA) is 70.7 Å². The molecule has 33 heavy (non-hydrogen) atoms. The van der Waals surface area contributed by atoms with E-state index in [1.165, 1.54) is 11.3 Å². The van der Waals surface area contributed by atoms with Gasteiger partial charge in [-0.1, -0.05) is 71.9 Å². The highest BCUT2D eigenvalue weighted by Gasteiger charge is 2.32. The zero-order chi connectivity index (χ0) is 24.1. The van der Waals surface area contributed by atoms with Crippen LogP contribution < -0.4 is 5.63 Å². The Morgan fingerprint density at radius 1 is 0.848 bits per heavy atom. The summed E-state index contributed by atoms with van der Waals surface area (Å²) in [5, 5.41) is 24.9. The van der Waals surface area contributed by atoms with Crippen LogP contribution in [0.3, 0.4) is 0 Å². The molecule has 4 rings (SSSR count). The third-order valence-corrected chi connectivity index (χ3v) is 6.96. The molecular formula is C28H30O4S. The fourth-order valence-electron chi connectivity index (χ4n) is 4.30. The van der Waals surface area contributed by atoms with E-state index in [0.717, 1.165) is 21.6 Å². The number of fused-ring (bicyclic) bond motifs is 1. The van der Waals surface area contributed by atoms with Gasteiger partial charge in [0.1, 0.15) is 17.1 Å². The highest BCUT2D eigenvalue weighted by molar-refractivity contribution is 7.10. The van der Waals surface area contributed by atoms with Gasteiger partial charge in [0.25, 0.3) is 0 Å². The second kappa shape index (κ2) is 8.07. The molecule has 5 heteroatoms. The third kappa shape index (κ3) is 4.18. The predicted octanol–water partition coefficient (Wildman–Crippen LogP) is 7.04. The molecule has 0 aliphatic carbocycles. The molecule has 4 aromatic rings. The highest BCUT2D eigenvalue weighted by atomic mass is 32.1. The van der Waals surface area contributed by atoms with Gasteiger partial charge in [-0.05, 0) is 51.1 Å². The first kappa shape index (κ1) is 23.1. The normalized spacial score (nSPS) is 13.4. The van der Waals surface area contributed by atoms with E-state index >= 15 is 0 Å². The highest BCUT2D eigenvalue weighted by Crippen LogP contribution is 2.45. The average Bonchev–Trinajstić information content (AvgIpc) is 3.24. The predicted molar refractivity (Wildman–Crippen MR) is 135 cm³/mol. The Hall–Kier alpha value is -3.05. The van der Waals surface area contributed by atoms with E-state index in [9.17, 15) is 15.0 Å². The van der Waals surface area contributed by atoms with Crippen molar-refractivity contribution in [1.29, 1.82) is 0 Å². The molecule has 0 radical (unpaired) electrons. The van der Waals surface area contributed by atoms with Gasteiger partial charge in [0.15, 0.2) is 0 Å². The number of benzene rings is 2. The Bertz CT molecular complexity index is 1330. The third-order valence-electron chi connectivity index (χ3n) is 6.02. The summed E-state index contributed by atoms with van der Waals surface area (Å²) in [6.45, 7) is 12.3. The van der Waals surface area contributed by atoms with Crippen LogP contribution >= 0.6 is 11.3 Å². The maximum atomic E-state index is 13.2. The Labute approximate surface area is 198 Å². The van der Waals surface area contributed by atoms with Crippen molar-refractivity contribution in [3.63, 3.8) is 0 Å². The number of aromatic hydroxyl groups is 2. The summed E-state index contributed by atoms with van der Waals surface area (Å²) in [4.78, 5) is 14.1. The SMILES string of the molecule is CC(C)(C)c1cc([C@@H](c2cccs2)c2c(O)c3ccccc3oc2=O)cc(C(C)(C)C)c1O. The summed E-state index contributed by atoms with van der Waals surface area (Å²) in [5.41, 5.74) is 1.79. The van der Waals surface area contributed by atoms with Crippen LogP contribution in [-0.4, -0.2) is 10.2 Å². The molecule has 1 atom stereocenters. The van der Waals surface area contributed by atoms with Gasteiger partial charge in [-0.3, -0.25) is 0 Å². The minimum Gasteiger partial charge on any atom is -0.507 e. The van der Waals surface area contributed by atoms with E-state index in [4.69, 9.17) is 4.42 Å². The molecule has 0 fully saturated rings. The van der Waals surface area contributed by atoms with E-state index in [1.54, 1.807) is 18.2 Å². The second-order valence-corrected chi connectivity index (χ2v) is 11.5. The van der Waals surface area contributed by atoms with Crippen molar-refractivity contribution in [3.8, 4) is 11.5 Å². The number of thiophene rings is 1.